The largest absolute Gasteiger partial charge is 0.477 e. The van der Waals surface area contributed by atoms with Crippen molar-refractivity contribution in [2.75, 3.05) is 41.0 Å². The van der Waals surface area contributed by atoms with Gasteiger partial charge < -0.3 is 23.8 Å². The van der Waals surface area contributed by atoms with E-state index in [0.717, 1.165) is 77.0 Å². The molecule has 0 spiro atoms. The van der Waals surface area contributed by atoms with Crippen LogP contribution in [0.25, 0.3) is 0 Å². The molecule has 0 bridgehead atoms. The number of ether oxygens (including phenoxy) is 3. The summed E-state index contributed by atoms with van der Waals surface area (Å²) in [6.45, 7) is 4.57. The van der Waals surface area contributed by atoms with Crippen molar-refractivity contribution in [3.8, 4) is 0 Å². The van der Waals surface area contributed by atoms with Crippen LogP contribution in [0.5, 0.6) is 0 Å². The topological polar surface area (TPSA) is 99.1 Å². The van der Waals surface area contributed by atoms with Crippen LogP contribution in [-0.4, -0.2) is 80.6 Å². The highest BCUT2D eigenvalue weighted by atomic mass is 16.6. The number of quaternary nitrogens is 1. The fraction of sp³-hybridized carbons (Fsp3) is 0.766. The number of hydrogen-bond acceptors (Lipinski definition) is 6. The summed E-state index contributed by atoms with van der Waals surface area (Å²) in [4.78, 5) is 36.9. The van der Waals surface area contributed by atoms with Crippen LogP contribution in [0, 0.1) is 0 Å². The summed E-state index contributed by atoms with van der Waals surface area (Å²) in [6, 6.07) is -0.616. The molecule has 0 radical (unpaired) electrons. The van der Waals surface area contributed by atoms with Gasteiger partial charge >= 0.3 is 17.9 Å². The van der Waals surface area contributed by atoms with E-state index in [2.05, 4.69) is 62.5 Å². The van der Waals surface area contributed by atoms with Crippen LogP contribution in [0.15, 0.2) is 48.6 Å². The van der Waals surface area contributed by atoms with Crippen molar-refractivity contribution in [1.29, 1.82) is 0 Å². The smallest absolute Gasteiger partial charge is 0.362 e. The lowest BCUT2D eigenvalue weighted by atomic mass is 10.0. The maximum absolute atomic E-state index is 12.7. The first kappa shape index (κ1) is 52.3. The minimum absolute atomic E-state index is 0.0563. The number of carboxylic acids is 1. The van der Waals surface area contributed by atoms with Crippen molar-refractivity contribution >= 4 is 17.9 Å². The maximum Gasteiger partial charge on any atom is 0.362 e. The van der Waals surface area contributed by atoms with Gasteiger partial charge in [0.05, 0.1) is 34.4 Å². The summed E-state index contributed by atoms with van der Waals surface area (Å²) in [7, 11) is 5.52. The monoisotopic (exact) mass is 775 g/mol. The van der Waals surface area contributed by atoms with Crippen molar-refractivity contribution in [2.45, 2.75) is 193 Å². The lowest BCUT2D eigenvalue weighted by Crippen LogP contribution is -2.50. The minimum Gasteiger partial charge on any atom is -0.477 e. The molecular weight excluding hydrogens is 691 g/mol. The minimum atomic E-state index is -0.878. The van der Waals surface area contributed by atoms with E-state index in [-0.39, 0.29) is 36.2 Å². The number of rotatable bonds is 39. The van der Waals surface area contributed by atoms with E-state index >= 15 is 0 Å². The van der Waals surface area contributed by atoms with E-state index < -0.39 is 18.1 Å². The third kappa shape index (κ3) is 36.7. The van der Waals surface area contributed by atoms with E-state index in [1.807, 2.05) is 21.1 Å². The second kappa shape index (κ2) is 38.2. The number of allylic oxidation sites excluding steroid dienone is 8. The van der Waals surface area contributed by atoms with Gasteiger partial charge in [0.15, 0.2) is 12.1 Å². The summed E-state index contributed by atoms with van der Waals surface area (Å²) >= 11 is 0. The second-order valence-electron chi connectivity index (χ2n) is 15.9. The van der Waals surface area contributed by atoms with E-state index in [4.69, 9.17) is 14.2 Å². The molecule has 0 heterocycles. The molecule has 8 nitrogen and oxygen atoms in total. The van der Waals surface area contributed by atoms with Gasteiger partial charge in [0.1, 0.15) is 6.61 Å². The van der Waals surface area contributed by atoms with Gasteiger partial charge in [0, 0.05) is 19.3 Å². The zero-order chi connectivity index (χ0) is 40.7. The lowest BCUT2D eigenvalue weighted by molar-refractivity contribution is -0.887. The van der Waals surface area contributed by atoms with E-state index in [0.29, 0.717) is 19.3 Å². The molecule has 318 valence electrons. The van der Waals surface area contributed by atoms with Gasteiger partial charge in [-0.1, -0.05) is 146 Å². The molecule has 0 rings (SSSR count). The summed E-state index contributed by atoms with van der Waals surface area (Å²) in [5, 5.41) is 9.61. The van der Waals surface area contributed by atoms with E-state index in [9.17, 15) is 19.5 Å². The summed E-state index contributed by atoms with van der Waals surface area (Å²) in [6.07, 6.45) is 44.4. The van der Waals surface area contributed by atoms with Crippen molar-refractivity contribution in [1.82, 2.24) is 0 Å². The third-order valence-electron chi connectivity index (χ3n) is 9.71. The van der Waals surface area contributed by atoms with Crippen molar-refractivity contribution in [3.05, 3.63) is 48.6 Å². The molecule has 2 unspecified atom stereocenters. The van der Waals surface area contributed by atoms with Crippen LogP contribution in [0.3, 0.4) is 0 Å². The van der Waals surface area contributed by atoms with Gasteiger partial charge in [-0.25, -0.2) is 4.79 Å². The molecule has 0 aromatic rings. The second-order valence-corrected chi connectivity index (χ2v) is 15.9. The summed E-state index contributed by atoms with van der Waals surface area (Å²) < 4.78 is 17.2. The zero-order valence-corrected chi connectivity index (χ0v) is 36.1. The number of carbonyl (C=O) groups is 3. The number of esters is 2. The van der Waals surface area contributed by atoms with Gasteiger partial charge in [-0.15, -0.1) is 0 Å². The average Bonchev–Trinajstić information content (AvgIpc) is 3.14. The Morgan fingerprint density at radius 3 is 1.53 bits per heavy atom. The van der Waals surface area contributed by atoms with Crippen LogP contribution >= 0.6 is 0 Å². The first-order valence-corrected chi connectivity index (χ1v) is 22.2. The molecule has 1 N–H and O–H groups in total. The quantitative estimate of drug-likeness (QED) is 0.0287. The standard InChI is InChI=1S/C47H83NO7/c1-6-8-10-12-14-16-18-19-20-21-22-23-24-25-26-27-28-30-32-34-36-38-46(50)55-43(41-53-40-39-44(47(51)52)48(3,4)5)42-54-45(49)37-35-33-31-29-17-15-13-11-9-7-2/h8,10,13-16,19-20,43-44H,6-7,9,11-12,17-18,21-42H2,1-5H3/p+1/b10-8+,15-13+,16-14+,20-19+. The molecule has 0 aromatic carbocycles. The normalized spacial score (nSPS) is 13.4. The van der Waals surface area contributed by atoms with E-state index in [1.165, 1.54) is 70.6 Å². The highest BCUT2D eigenvalue weighted by Crippen LogP contribution is 2.14. The molecule has 0 saturated heterocycles. The van der Waals surface area contributed by atoms with Gasteiger partial charge in [-0.3, -0.25) is 9.59 Å². The van der Waals surface area contributed by atoms with Gasteiger partial charge in [0.25, 0.3) is 0 Å². The molecular formula is C47H84NO7+. The number of aliphatic carboxylic acids is 1. The number of unbranched alkanes of at least 4 members (excludes halogenated alkanes) is 17. The fourth-order valence-electron chi connectivity index (χ4n) is 6.26. The van der Waals surface area contributed by atoms with E-state index in [1.54, 1.807) is 0 Å². The van der Waals surface area contributed by atoms with Crippen LogP contribution in [0.2, 0.25) is 0 Å². The first-order chi connectivity index (χ1) is 26.6. The molecule has 0 aliphatic rings. The molecule has 0 aliphatic carbocycles. The Morgan fingerprint density at radius 1 is 0.564 bits per heavy atom. The molecule has 0 aromatic heterocycles. The predicted octanol–water partition coefficient (Wildman–Crippen LogP) is 12.0. The highest BCUT2D eigenvalue weighted by molar-refractivity contribution is 5.72. The third-order valence-corrected chi connectivity index (χ3v) is 9.71. The molecule has 0 saturated carbocycles. The Hall–Kier alpha value is -2.71. The Kier molecular flexibility index (Phi) is 36.3. The molecule has 0 amide bonds. The first-order valence-electron chi connectivity index (χ1n) is 22.2. The van der Waals surface area contributed by atoms with Gasteiger partial charge in [-0.05, 0) is 64.2 Å². The number of nitrogens with zero attached hydrogens (tertiary/aromatic N) is 1. The maximum atomic E-state index is 12.7. The molecule has 2 atom stereocenters. The molecule has 8 heteroatoms. The SMILES string of the molecule is CC/C=C/C/C=C/C/C=C/CCCCCCCCCCCCCC(=O)OC(COCCC(C(=O)O)[N+](C)(C)C)COC(=O)CCCCCC/C=C/CCCC. The molecule has 0 aliphatic heterocycles. The number of carboxylic acid groups (broad SMARTS) is 1. The summed E-state index contributed by atoms with van der Waals surface area (Å²) in [5.41, 5.74) is 0. The number of likely N-dealkylation sites (N-methyl/N-ethyl adjacent to an activating group) is 1. The number of hydrogen-bond donors (Lipinski definition) is 1. The molecule has 55 heavy (non-hydrogen) atoms. The van der Waals surface area contributed by atoms with Crippen molar-refractivity contribution in [3.63, 3.8) is 0 Å². The fourth-order valence-corrected chi connectivity index (χ4v) is 6.26. The zero-order valence-electron chi connectivity index (χ0n) is 36.1. The number of carbonyl (C=O) groups excluding carboxylic acids is 2. The Bertz CT molecular complexity index is 1040. The van der Waals surface area contributed by atoms with Crippen molar-refractivity contribution < 1.29 is 38.2 Å². The Morgan fingerprint density at radius 2 is 1.02 bits per heavy atom. The Labute approximate surface area is 337 Å². The van der Waals surface area contributed by atoms with Crippen LogP contribution in [-0.2, 0) is 28.6 Å². The highest BCUT2D eigenvalue weighted by Gasteiger charge is 2.31. The van der Waals surface area contributed by atoms with Crippen LogP contribution < -0.4 is 0 Å². The van der Waals surface area contributed by atoms with Crippen LogP contribution in [0.4, 0.5) is 0 Å². The molecule has 0 fully saturated rings. The van der Waals surface area contributed by atoms with Gasteiger partial charge in [0.2, 0.25) is 0 Å². The van der Waals surface area contributed by atoms with Crippen molar-refractivity contribution in [2.24, 2.45) is 0 Å². The lowest BCUT2D eigenvalue weighted by Gasteiger charge is -2.31. The van der Waals surface area contributed by atoms with Gasteiger partial charge in [-0.2, -0.15) is 0 Å². The Balaban J connectivity index is 4.26. The average molecular weight is 775 g/mol. The van der Waals surface area contributed by atoms with Crippen LogP contribution in [0.1, 0.15) is 181 Å². The summed E-state index contributed by atoms with van der Waals surface area (Å²) in [5.74, 6) is -1.49. The predicted molar refractivity (Wildman–Crippen MR) is 229 cm³/mol.